The summed E-state index contributed by atoms with van der Waals surface area (Å²) in [6.07, 6.45) is 4.20. The van der Waals surface area contributed by atoms with Crippen molar-refractivity contribution in [1.82, 2.24) is 15.1 Å². The Balaban J connectivity index is 1.44. The second kappa shape index (κ2) is 6.07. The minimum absolute atomic E-state index is 0.624. The number of piperazine rings is 1. The molecule has 1 unspecified atom stereocenters. The van der Waals surface area contributed by atoms with Crippen LogP contribution in [0.1, 0.15) is 36.4 Å². The summed E-state index contributed by atoms with van der Waals surface area (Å²) < 4.78 is 0. The highest BCUT2D eigenvalue weighted by atomic mass is 15.3. The highest BCUT2D eigenvalue weighted by Crippen LogP contribution is 2.32. The van der Waals surface area contributed by atoms with Crippen LogP contribution in [0.5, 0.6) is 0 Å². The molecule has 0 spiro atoms. The van der Waals surface area contributed by atoms with Gasteiger partial charge in [-0.2, -0.15) is 0 Å². The fourth-order valence-electron chi connectivity index (χ4n) is 3.94. The van der Waals surface area contributed by atoms with Crippen LogP contribution < -0.4 is 5.32 Å². The zero-order valence-electron chi connectivity index (χ0n) is 12.9. The Morgan fingerprint density at radius 2 is 1.81 bits per heavy atom. The molecule has 3 aliphatic rings. The molecule has 114 valence electrons. The largest absolute Gasteiger partial charge is 0.313 e. The summed E-state index contributed by atoms with van der Waals surface area (Å²) in [5.41, 5.74) is 3.07. The van der Waals surface area contributed by atoms with Gasteiger partial charge in [0.05, 0.1) is 0 Å². The number of fused-ring (bicyclic) bond motifs is 1. The lowest BCUT2D eigenvalue weighted by Gasteiger charge is -2.39. The van der Waals surface area contributed by atoms with E-state index in [4.69, 9.17) is 0 Å². The van der Waals surface area contributed by atoms with Crippen LogP contribution in [0.4, 0.5) is 0 Å². The SMILES string of the molecule is c1ccc2c(c1)CNCCC2N1CCN(CC2CC2)CC1. The maximum absolute atomic E-state index is 3.58. The lowest BCUT2D eigenvalue weighted by atomic mass is 9.97. The Morgan fingerprint density at radius 1 is 1.00 bits per heavy atom. The van der Waals surface area contributed by atoms with Gasteiger partial charge in [0.25, 0.3) is 0 Å². The zero-order valence-corrected chi connectivity index (χ0v) is 12.9. The minimum Gasteiger partial charge on any atom is -0.313 e. The Hall–Kier alpha value is -0.900. The molecule has 0 bridgehead atoms. The predicted octanol–water partition coefficient (Wildman–Crippen LogP) is 2.25. The normalized spacial score (nSPS) is 28.1. The fraction of sp³-hybridized carbons (Fsp3) is 0.667. The van der Waals surface area contributed by atoms with Gasteiger partial charge in [-0.05, 0) is 42.9 Å². The third kappa shape index (κ3) is 3.15. The molecule has 0 radical (unpaired) electrons. The van der Waals surface area contributed by atoms with Gasteiger partial charge in [-0.25, -0.2) is 0 Å². The number of nitrogens with zero attached hydrogens (tertiary/aromatic N) is 2. The molecular formula is C18H27N3. The van der Waals surface area contributed by atoms with Gasteiger partial charge in [0.1, 0.15) is 0 Å². The molecule has 0 aromatic heterocycles. The molecule has 2 fully saturated rings. The summed E-state index contributed by atoms with van der Waals surface area (Å²) in [5, 5.41) is 3.58. The number of hydrogen-bond acceptors (Lipinski definition) is 3. The Kier molecular flexibility index (Phi) is 3.97. The van der Waals surface area contributed by atoms with Gasteiger partial charge < -0.3 is 10.2 Å². The van der Waals surface area contributed by atoms with E-state index in [2.05, 4.69) is 39.4 Å². The quantitative estimate of drug-likeness (QED) is 0.919. The molecule has 4 rings (SSSR count). The van der Waals surface area contributed by atoms with Crippen molar-refractivity contribution in [3.8, 4) is 0 Å². The van der Waals surface area contributed by atoms with Gasteiger partial charge in [0, 0.05) is 45.3 Å². The average molecular weight is 285 g/mol. The number of benzene rings is 1. The average Bonchev–Trinajstić information content (AvgIpc) is 3.34. The van der Waals surface area contributed by atoms with Crippen molar-refractivity contribution in [2.24, 2.45) is 5.92 Å². The number of hydrogen-bond donors (Lipinski definition) is 1. The van der Waals surface area contributed by atoms with Crippen molar-refractivity contribution < 1.29 is 0 Å². The molecule has 1 aromatic rings. The van der Waals surface area contributed by atoms with Crippen molar-refractivity contribution in [2.45, 2.75) is 31.8 Å². The summed E-state index contributed by atoms with van der Waals surface area (Å²) in [7, 11) is 0. The van der Waals surface area contributed by atoms with E-state index in [0.29, 0.717) is 6.04 Å². The van der Waals surface area contributed by atoms with Crippen molar-refractivity contribution in [3.05, 3.63) is 35.4 Å². The highest BCUT2D eigenvalue weighted by Gasteiger charge is 2.30. The third-order valence-electron chi connectivity index (χ3n) is 5.39. The first-order valence-electron chi connectivity index (χ1n) is 8.65. The first kappa shape index (κ1) is 13.7. The van der Waals surface area contributed by atoms with Crippen LogP contribution in [0.2, 0.25) is 0 Å². The van der Waals surface area contributed by atoms with Crippen LogP contribution in [0.15, 0.2) is 24.3 Å². The fourth-order valence-corrected chi connectivity index (χ4v) is 3.94. The van der Waals surface area contributed by atoms with E-state index in [0.717, 1.165) is 19.0 Å². The van der Waals surface area contributed by atoms with Crippen molar-refractivity contribution in [1.29, 1.82) is 0 Å². The van der Waals surface area contributed by atoms with Crippen molar-refractivity contribution in [3.63, 3.8) is 0 Å². The van der Waals surface area contributed by atoms with Crippen LogP contribution in [-0.2, 0) is 6.54 Å². The summed E-state index contributed by atoms with van der Waals surface area (Å²) in [4.78, 5) is 5.42. The van der Waals surface area contributed by atoms with Gasteiger partial charge in [-0.3, -0.25) is 4.90 Å². The highest BCUT2D eigenvalue weighted by molar-refractivity contribution is 5.31. The standard InChI is InChI=1S/C18H27N3/c1-2-4-17-16(3-1)13-19-8-7-18(17)21-11-9-20(10-12-21)14-15-5-6-15/h1-4,15,18-19H,5-14H2. The van der Waals surface area contributed by atoms with Crippen molar-refractivity contribution >= 4 is 0 Å². The maximum Gasteiger partial charge on any atom is 0.0364 e. The molecule has 1 aliphatic carbocycles. The topological polar surface area (TPSA) is 18.5 Å². The Labute approximate surface area is 128 Å². The minimum atomic E-state index is 0.624. The second-order valence-corrected chi connectivity index (χ2v) is 6.96. The second-order valence-electron chi connectivity index (χ2n) is 6.96. The molecule has 0 amide bonds. The zero-order chi connectivity index (χ0) is 14.1. The van der Waals surface area contributed by atoms with Crippen LogP contribution >= 0.6 is 0 Å². The van der Waals surface area contributed by atoms with E-state index in [9.17, 15) is 0 Å². The first-order chi connectivity index (χ1) is 10.4. The van der Waals surface area contributed by atoms with Crippen LogP contribution in [-0.4, -0.2) is 49.1 Å². The monoisotopic (exact) mass is 285 g/mol. The molecule has 21 heavy (non-hydrogen) atoms. The Morgan fingerprint density at radius 3 is 2.62 bits per heavy atom. The summed E-state index contributed by atoms with van der Waals surface area (Å²) in [5.74, 6) is 1.03. The summed E-state index contributed by atoms with van der Waals surface area (Å²) in [6, 6.07) is 9.66. The first-order valence-corrected chi connectivity index (χ1v) is 8.65. The molecule has 3 nitrogen and oxygen atoms in total. The number of rotatable bonds is 3. The van der Waals surface area contributed by atoms with E-state index in [1.165, 1.54) is 57.5 Å². The third-order valence-corrected chi connectivity index (χ3v) is 5.39. The molecule has 1 N–H and O–H groups in total. The van der Waals surface area contributed by atoms with Gasteiger partial charge in [-0.1, -0.05) is 24.3 Å². The van der Waals surface area contributed by atoms with E-state index >= 15 is 0 Å². The lowest BCUT2D eigenvalue weighted by Crippen LogP contribution is -2.48. The molecular weight excluding hydrogens is 258 g/mol. The van der Waals surface area contributed by atoms with E-state index in [1.807, 2.05) is 0 Å². The van der Waals surface area contributed by atoms with E-state index in [-0.39, 0.29) is 0 Å². The molecule has 3 heteroatoms. The number of nitrogens with one attached hydrogen (secondary N) is 1. The molecule has 1 atom stereocenters. The molecule has 2 aliphatic heterocycles. The van der Waals surface area contributed by atoms with E-state index in [1.54, 1.807) is 5.56 Å². The van der Waals surface area contributed by atoms with E-state index < -0.39 is 0 Å². The van der Waals surface area contributed by atoms with Gasteiger partial charge in [0.2, 0.25) is 0 Å². The summed E-state index contributed by atoms with van der Waals surface area (Å²) in [6.45, 7) is 8.55. The molecule has 2 heterocycles. The van der Waals surface area contributed by atoms with Crippen LogP contribution in [0, 0.1) is 5.92 Å². The Bertz CT molecular complexity index is 475. The predicted molar refractivity (Wildman–Crippen MR) is 86.2 cm³/mol. The molecule has 1 saturated carbocycles. The molecule has 1 aromatic carbocycles. The van der Waals surface area contributed by atoms with Gasteiger partial charge >= 0.3 is 0 Å². The van der Waals surface area contributed by atoms with Crippen LogP contribution in [0.25, 0.3) is 0 Å². The van der Waals surface area contributed by atoms with Gasteiger partial charge in [0.15, 0.2) is 0 Å². The van der Waals surface area contributed by atoms with Gasteiger partial charge in [-0.15, -0.1) is 0 Å². The smallest absolute Gasteiger partial charge is 0.0364 e. The lowest BCUT2D eigenvalue weighted by molar-refractivity contribution is 0.0900. The maximum atomic E-state index is 3.58. The van der Waals surface area contributed by atoms with Crippen molar-refractivity contribution in [2.75, 3.05) is 39.3 Å². The summed E-state index contributed by atoms with van der Waals surface area (Å²) >= 11 is 0. The molecule has 1 saturated heterocycles. The van der Waals surface area contributed by atoms with Crippen LogP contribution in [0.3, 0.4) is 0 Å².